The van der Waals surface area contributed by atoms with E-state index in [9.17, 15) is 18.9 Å². The Morgan fingerprint density at radius 1 is 0.918 bits per heavy atom. The summed E-state index contributed by atoms with van der Waals surface area (Å²) in [6, 6.07) is 19.7. The Kier molecular flexibility index (Phi) is 12.9. The van der Waals surface area contributed by atoms with E-state index >= 15 is 0 Å². The molecule has 1 aromatic heterocycles. The molecule has 3 aromatic carbocycles. The Labute approximate surface area is 363 Å². The summed E-state index contributed by atoms with van der Waals surface area (Å²) in [5.74, 6) is 7.25. The van der Waals surface area contributed by atoms with Gasteiger partial charge < -0.3 is 19.1 Å². The summed E-state index contributed by atoms with van der Waals surface area (Å²) in [4.78, 5) is 55.9. The van der Waals surface area contributed by atoms with Crippen molar-refractivity contribution >= 4 is 47.5 Å². The minimum Gasteiger partial charge on any atom is -0.496 e. The van der Waals surface area contributed by atoms with E-state index in [2.05, 4.69) is 55.0 Å². The zero-order valence-corrected chi connectivity index (χ0v) is 36.8. The van der Waals surface area contributed by atoms with Crippen molar-refractivity contribution < 1.29 is 23.7 Å². The zero-order valence-electron chi connectivity index (χ0n) is 35.2. The molecule has 0 radical (unpaired) electrons. The van der Waals surface area contributed by atoms with Gasteiger partial charge in [-0.2, -0.15) is 0 Å². The summed E-state index contributed by atoms with van der Waals surface area (Å²) in [6.45, 7) is 10.9. The molecule has 4 aliphatic rings. The second kappa shape index (κ2) is 18.5. The number of piperidine rings is 2. The molecule has 8 rings (SSSR count). The van der Waals surface area contributed by atoms with Crippen LogP contribution in [-0.2, 0) is 33.5 Å². The number of amides is 3. The molecule has 3 saturated heterocycles. The second-order valence-electron chi connectivity index (χ2n) is 16.8. The molecule has 0 saturated carbocycles. The topological polar surface area (TPSA) is 128 Å². The van der Waals surface area contributed by atoms with Crippen LogP contribution in [0, 0.1) is 11.8 Å². The lowest BCUT2D eigenvalue weighted by Gasteiger charge is -2.43. The lowest BCUT2D eigenvalue weighted by atomic mass is 10.0. The standard InChI is InChI=1S/C47H53ClN7O5P/c1-60-42-29-36(15-14-33(42)28-44-49-30-39(48)40(50-44)27-34-10-4-5-13-43(34)61(2,3)59)53-21-18-35(19-22-53)54-25-23-52(24-26-54)20-7-6-9-32-11-8-12-37-38(32)31-55(47(37)58)41-16-17-45(56)51-46(41)57/h4-5,8,10-15,29-30,35,41H,7,16-28,31H2,1-3H3,(H,51,56,57). The highest BCUT2D eigenvalue weighted by atomic mass is 35.5. The van der Waals surface area contributed by atoms with Gasteiger partial charge in [-0.15, -0.1) is 0 Å². The van der Waals surface area contributed by atoms with Gasteiger partial charge in [0.1, 0.15) is 24.8 Å². The Morgan fingerprint density at radius 2 is 1.70 bits per heavy atom. The number of methoxy groups -OCH3 is 1. The fourth-order valence-corrected chi connectivity index (χ4v) is 10.6. The fraction of sp³-hybridized carbons (Fsp3) is 0.426. The van der Waals surface area contributed by atoms with E-state index in [0.29, 0.717) is 54.0 Å². The Morgan fingerprint density at radius 3 is 2.46 bits per heavy atom. The number of benzene rings is 3. The molecule has 4 aliphatic heterocycles. The number of aromatic nitrogens is 2. The minimum absolute atomic E-state index is 0.176. The number of anilines is 1. The van der Waals surface area contributed by atoms with Crippen molar-refractivity contribution in [2.24, 2.45) is 0 Å². The SMILES string of the molecule is COc1cc(N2CCC(N3CCN(CCC#Cc4cccc5c4CN(C4CCC(=O)NC4=O)C5=O)CC3)CC2)ccc1Cc1ncc(Cl)c(Cc2ccccc2P(C)(C)=O)n1. The summed E-state index contributed by atoms with van der Waals surface area (Å²) in [5, 5.41) is 3.71. The largest absolute Gasteiger partial charge is 0.496 e. The molecular formula is C47H53ClN7O5P. The first-order valence-electron chi connectivity index (χ1n) is 21.2. The highest BCUT2D eigenvalue weighted by Gasteiger charge is 2.39. The van der Waals surface area contributed by atoms with E-state index in [1.807, 2.05) is 36.4 Å². The Hall–Kier alpha value is -5.05. The van der Waals surface area contributed by atoms with Gasteiger partial charge in [-0.25, -0.2) is 9.97 Å². The first-order valence-corrected chi connectivity index (χ1v) is 24.2. The first kappa shape index (κ1) is 42.6. The molecule has 3 fully saturated rings. The molecule has 61 heavy (non-hydrogen) atoms. The monoisotopic (exact) mass is 861 g/mol. The van der Waals surface area contributed by atoms with Gasteiger partial charge in [0.15, 0.2) is 0 Å². The van der Waals surface area contributed by atoms with Crippen LogP contribution >= 0.6 is 18.7 Å². The van der Waals surface area contributed by atoms with Gasteiger partial charge >= 0.3 is 0 Å². The number of nitrogens with one attached hydrogen (secondary N) is 1. The number of hydrogen-bond donors (Lipinski definition) is 1. The van der Waals surface area contributed by atoms with Crippen molar-refractivity contribution in [2.45, 2.75) is 63.6 Å². The van der Waals surface area contributed by atoms with Crippen molar-refractivity contribution in [1.29, 1.82) is 0 Å². The van der Waals surface area contributed by atoms with E-state index in [4.69, 9.17) is 21.3 Å². The average Bonchev–Trinajstić information content (AvgIpc) is 3.60. The number of hydrogen-bond acceptors (Lipinski definition) is 10. The Balaban J connectivity index is 0.801. The molecule has 3 amide bonds. The zero-order chi connectivity index (χ0) is 42.7. The van der Waals surface area contributed by atoms with Crippen LogP contribution < -0.4 is 20.3 Å². The number of halogens is 1. The number of ether oxygens (including phenoxy) is 1. The lowest BCUT2D eigenvalue weighted by molar-refractivity contribution is -0.136. The summed E-state index contributed by atoms with van der Waals surface area (Å²) in [6.07, 6.45) is 6.17. The average molecular weight is 862 g/mol. The minimum atomic E-state index is -2.47. The van der Waals surface area contributed by atoms with Gasteiger partial charge in [-0.05, 0) is 61.9 Å². The predicted octanol–water partition coefficient (Wildman–Crippen LogP) is 5.36. The van der Waals surface area contributed by atoms with Crippen LogP contribution in [0.5, 0.6) is 5.75 Å². The van der Waals surface area contributed by atoms with Crippen LogP contribution in [0.4, 0.5) is 5.69 Å². The molecule has 14 heteroatoms. The number of nitrogens with zero attached hydrogens (tertiary/aromatic N) is 6. The van der Waals surface area contributed by atoms with E-state index in [-0.39, 0.29) is 18.2 Å². The van der Waals surface area contributed by atoms with Crippen LogP contribution in [0.3, 0.4) is 0 Å². The molecular weight excluding hydrogens is 809 g/mol. The van der Waals surface area contributed by atoms with E-state index in [1.165, 1.54) is 0 Å². The van der Waals surface area contributed by atoms with Gasteiger partial charge in [-0.3, -0.25) is 29.5 Å². The number of imide groups is 1. The third-order valence-electron chi connectivity index (χ3n) is 12.5. The van der Waals surface area contributed by atoms with Gasteiger partial charge in [0.2, 0.25) is 11.8 Å². The van der Waals surface area contributed by atoms with Crippen LogP contribution in [-0.4, -0.2) is 121 Å². The van der Waals surface area contributed by atoms with Crippen LogP contribution in [0.2, 0.25) is 5.02 Å². The molecule has 4 aromatic rings. The number of rotatable bonds is 11. The third-order valence-corrected chi connectivity index (χ3v) is 14.4. The van der Waals surface area contributed by atoms with E-state index in [0.717, 1.165) is 104 Å². The number of piperazine rings is 1. The molecule has 0 spiro atoms. The maximum atomic E-state index is 13.2. The van der Waals surface area contributed by atoms with Crippen LogP contribution in [0.15, 0.2) is 66.9 Å². The van der Waals surface area contributed by atoms with Gasteiger partial charge in [0, 0.05) is 124 Å². The normalized spacial score (nSPS) is 19.1. The maximum absolute atomic E-state index is 13.2. The first-order chi connectivity index (χ1) is 29.4. The van der Waals surface area contributed by atoms with Gasteiger partial charge in [-0.1, -0.05) is 59.8 Å². The smallest absolute Gasteiger partial charge is 0.255 e. The third kappa shape index (κ3) is 9.71. The second-order valence-corrected chi connectivity index (χ2v) is 20.4. The molecule has 0 bridgehead atoms. The van der Waals surface area contributed by atoms with Crippen molar-refractivity contribution in [3.63, 3.8) is 0 Å². The number of carbonyl (C=O) groups excluding carboxylic acids is 3. The summed E-state index contributed by atoms with van der Waals surface area (Å²) < 4.78 is 18.9. The van der Waals surface area contributed by atoms with Crippen LogP contribution in [0.1, 0.15) is 76.2 Å². The van der Waals surface area contributed by atoms with E-state index in [1.54, 1.807) is 37.6 Å². The van der Waals surface area contributed by atoms with Crippen LogP contribution in [0.25, 0.3) is 0 Å². The fourth-order valence-electron chi connectivity index (χ4n) is 9.18. The van der Waals surface area contributed by atoms with Gasteiger partial charge in [0.05, 0.1) is 17.8 Å². The van der Waals surface area contributed by atoms with Crippen molar-refractivity contribution in [1.82, 2.24) is 30.0 Å². The molecule has 1 unspecified atom stereocenters. The quantitative estimate of drug-likeness (QED) is 0.120. The highest BCUT2D eigenvalue weighted by molar-refractivity contribution is 7.70. The number of carbonyl (C=O) groups is 3. The molecule has 12 nitrogen and oxygen atoms in total. The Bertz CT molecular complexity index is 2430. The lowest BCUT2D eigenvalue weighted by Crippen LogP contribution is -2.53. The molecule has 5 heterocycles. The summed E-state index contributed by atoms with van der Waals surface area (Å²) >= 11 is 6.57. The molecule has 318 valence electrons. The predicted molar refractivity (Wildman–Crippen MR) is 238 cm³/mol. The number of fused-ring (bicyclic) bond motifs is 1. The summed E-state index contributed by atoms with van der Waals surface area (Å²) in [7, 11) is -0.764. The highest BCUT2D eigenvalue weighted by Crippen LogP contribution is 2.37. The van der Waals surface area contributed by atoms with Crippen molar-refractivity contribution in [3.05, 3.63) is 111 Å². The molecule has 1 atom stereocenters. The molecule has 0 aliphatic carbocycles. The maximum Gasteiger partial charge on any atom is 0.255 e. The van der Waals surface area contributed by atoms with E-state index < -0.39 is 19.1 Å². The van der Waals surface area contributed by atoms with Gasteiger partial charge in [0.25, 0.3) is 5.91 Å². The molecule has 1 N–H and O–H groups in total. The summed E-state index contributed by atoms with van der Waals surface area (Å²) in [5.41, 5.74) is 6.12. The van der Waals surface area contributed by atoms with Crippen molar-refractivity contribution in [2.75, 3.05) is 71.2 Å². The van der Waals surface area contributed by atoms with Crippen molar-refractivity contribution in [3.8, 4) is 17.6 Å².